The first-order valence-corrected chi connectivity index (χ1v) is 6.23. The normalized spacial score (nSPS) is 11.4. The Morgan fingerprint density at radius 2 is 2.12 bits per heavy atom. The molecule has 0 aliphatic heterocycles. The molecule has 1 N–H and O–H groups in total. The van der Waals surface area contributed by atoms with Crippen molar-refractivity contribution in [3.63, 3.8) is 0 Å². The van der Waals surface area contributed by atoms with E-state index >= 15 is 0 Å². The fraction of sp³-hybridized carbons (Fsp3) is 0.500. The van der Waals surface area contributed by atoms with Crippen molar-refractivity contribution < 1.29 is 9.90 Å². The lowest BCUT2D eigenvalue weighted by atomic mass is 9.87. The average molecular weight is 301 g/mol. The molecule has 4 nitrogen and oxygen atoms in total. The Bertz CT molecular complexity index is 427. The van der Waals surface area contributed by atoms with Crippen LogP contribution in [0.2, 0.25) is 0 Å². The second-order valence-electron chi connectivity index (χ2n) is 4.80. The smallest absolute Gasteiger partial charge is 0.413 e. The number of carboxylic acid groups (broad SMARTS) is 1. The maximum absolute atomic E-state index is 11.2. The van der Waals surface area contributed by atoms with Crippen molar-refractivity contribution >= 4 is 27.8 Å². The molecule has 0 bridgehead atoms. The first-order chi connectivity index (χ1) is 7.77. The highest BCUT2D eigenvalue weighted by Gasteiger charge is 2.25. The van der Waals surface area contributed by atoms with Gasteiger partial charge in [-0.15, -0.1) is 0 Å². The van der Waals surface area contributed by atoms with Gasteiger partial charge in [-0.3, -0.25) is 4.90 Å². The van der Waals surface area contributed by atoms with Crippen molar-refractivity contribution in [1.82, 2.24) is 4.98 Å². The van der Waals surface area contributed by atoms with Crippen LogP contribution in [0.15, 0.2) is 16.7 Å². The Kier molecular flexibility index (Phi) is 4.14. The SMILES string of the molecule is CCN(C(=O)O)c1ncc(Br)cc1C(C)(C)C. The molecule has 1 heterocycles. The Morgan fingerprint density at radius 1 is 1.53 bits per heavy atom. The van der Waals surface area contributed by atoms with Crippen LogP contribution in [0.3, 0.4) is 0 Å². The van der Waals surface area contributed by atoms with Crippen LogP contribution >= 0.6 is 15.9 Å². The maximum atomic E-state index is 11.2. The van der Waals surface area contributed by atoms with Crippen molar-refractivity contribution in [3.8, 4) is 0 Å². The molecule has 1 amide bonds. The van der Waals surface area contributed by atoms with Crippen LogP contribution in [0.1, 0.15) is 33.3 Å². The summed E-state index contributed by atoms with van der Waals surface area (Å²) in [4.78, 5) is 16.7. The van der Waals surface area contributed by atoms with Gasteiger partial charge in [0.1, 0.15) is 5.82 Å². The van der Waals surface area contributed by atoms with Gasteiger partial charge in [0.25, 0.3) is 0 Å². The van der Waals surface area contributed by atoms with Crippen LogP contribution in [-0.4, -0.2) is 22.7 Å². The molecular formula is C12H17BrN2O2. The molecule has 0 atom stereocenters. The molecule has 5 heteroatoms. The van der Waals surface area contributed by atoms with Gasteiger partial charge in [-0.25, -0.2) is 9.78 Å². The molecule has 0 aliphatic carbocycles. The van der Waals surface area contributed by atoms with Crippen LogP contribution in [-0.2, 0) is 5.41 Å². The van der Waals surface area contributed by atoms with E-state index in [1.807, 2.05) is 26.8 Å². The summed E-state index contributed by atoms with van der Waals surface area (Å²) < 4.78 is 0.854. The minimum atomic E-state index is -0.979. The highest BCUT2D eigenvalue weighted by molar-refractivity contribution is 9.10. The van der Waals surface area contributed by atoms with Gasteiger partial charge in [-0.05, 0) is 34.3 Å². The average Bonchev–Trinajstić information content (AvgIpc) is 2.19. The highest BCUT2D eigenvalue weighted by Crippen LogP contribution is 2.32. The van der Waals surface area contributed by atoms with Crippen molar-refractivity contribution in [2.45, 2.75) is 33.1 Å². The van der Waals surface area contributed by atoms with Gasteiger partial charge in [-0.2, -0.15) is 0 Å². The Morgan fingerprint density at radius 3 is 2.53 bits per heavy atom. The van der Waals surface area contributed by atoms with Gasteiger partial charge in [0.15, 0.2) is 0 Å². The second kappa shape index (κ2) is 5.04. The maximum Gasteiger partial charge on any atom is 0.413 e. The molecule has 0 saturated carbocycles. The lowest BCUT2D eigenvalue weighted by molar-refractivity contribution is 0.202. The molecule has 1 aromatic rings. The molecule has 0 aromatic carbocycles. The third-order valence-corrected chi connectivity index (χ3v) is 2.88. The molecule has 1 rings (SSSR count). The topological polar surface area (TPSA) is 53.4 Å². The number of nitrogens with zero attached hydrogens (tertiary/aromatic N) is 2. The number of rotatable bonds is 2. The fourth-order valence-electron chi connectivity index (χ4n) is 1.57. The molecule has 17 heavy (non-hydrogen) atoms. The number of halogens is 1. The molecular weight excluding hydrogens is 284 g/mol. The number of anilines is 1. The molecule has 0 aliphatic rings. The van der Waals surface area contributed by atoms with E-state index in [-0.39, 0.29) is 5.41 Å². The fourth-order valence-corrected chi connectivity index (χ4v) is 1.91. The third kappa shape index (κ3) is 3.19. The van der Waals surface area contributed by atoms with Crippen LogP contribution in [0.25, 0.3) is 0 Å². The predicted molar refractivity (Wildman–Crippen MR) is 71.7 cm³/mol. The highest BCUT2D eigenvalue weighted by atomic mass is 79.9. The van der Waals surface area contributed by atoms with Gasteiger partial charge < -0.3 is 5.11 Å². The summed E-state index contributed by atoms with van der Waals surface area (Å²) in [5.41, 5.74) is 0.755. The summed E-state index contributed by atoms with van der Waals surface area (Å²) in [5, 5.41) is 9.16. The Balaban J connectivity index is 3.37. The van der Waals surface area contributed by atoms with Crippen LogP contribution in [0.5, 0.6) is 0 Å². The molecule has 0 fully saturated rings. The third-order valence-electron chi connectivity index (χ3n) is 2.44. The van der Waals surface area contributed by atoms with E-state index in [2.05, 4.69) is 20.9 Å². The molecule has 0 radical (unpaired) electrons. The van der Waals surface area contributed by atoms with E-state index in [1.165, 1.54) is 4.90 Å². The summed E-state index contributed by atoms with van der Waals surface area (Å²) >= 11 is 3.37. The zero-order valence-electron chi connectivity index (χ0n) is 10.5. The number of hydrogen-bond acceptors (Lipinski definition) is 2. The number of amides is 1. The minimum Gasteiger partial charge on any atom is -0.465 e. The van der Waals surface area contributed by atoms with Crippen LogP contribution in [0, 0.1) is 0 Å². The Labute approximate surface area is 110 Å². The van der Waals surface area contributed by atoms with Crippen molar-refractivity contribution in [3.05, 3.63) is 22.3 Å². The van der Waals surface area contributed by atoms with Gasteiger partial charge in [0, 0.05) is 22.8 Å². The zero-order valence-corrected chi connectivity index (χ0v) is 12.1. The monoisotopic (exact) mass is 300 g/mol. The van der Waals surface area contributed by atoms with Crippen LogP contribution in [0.4, 0.5) is 10.6 Å². The van der Waals surface area contributed by atoms with E-state index in [4.69, 9.17) is 5.11 Å². The van der Waals surface area contributed by atoms with E-state index in [1.54, 1.807) is 13.1 Å². The molecule has 0 unspecified atom stereocenters. The summed E-state index contributed by atoms with van der Waals surface area (Å²) in [6.07, 6.45) is 0.642. The minimum absolute atomic E-state index is 0.158. The van der Waals surface area contributed by atoms with E-state index in [9.17, 15) is 4.79 Å². The van der Waals surface area contributed by atoms with Crippen molar-refractivity contribution in [2.75, 3.05) is 11.4 Å². The van der Waals surface area contributed by atoms with E-state index in [0.29, 0.717) is 12.4 Å². The summed E-state index contributed by atoms with van der Waals surface area (Å²) in [7, 11) is 0. The molecule has 0 saturated heterocycles. The quantitative estimate of drug-likeness (QED) is 0.907. The van der Waals surface area contributed by atoms with Crippen LogP contribution < -0.4 is 4.90 Å². The first kappa shape index (κ1) is 14.0. The van der Waals surface area contributed by atoms with Gasteiger partial charge in [-0.1, -0.05) is 20.8 Å². The Hall–Kier alpha value is -1.10. The van der Waals surface area contributed by atoms with Crippen molar-refractivity contribution in [2.24, 2.45) is 0 Å². The number of hydrogen-bond donors (Lipinski definition) is 1. The summed E-state index contributed by atoms with van der Waals surface area (Å²) in [6.45, 7) is 8.29. The largest absolute Gasteiger partial charge is 0.465 e. The molecule has 0 spiro atoms. The second-order valence-corrected chi connectivity index (χ2v) is 5.72. The molecule has 94 valence electrons. The van der Waals surface area contributed by atoms with E-state index in [0.717, 1.165) is 10.0 Å². The standard InChI is InChI=1S/C12H17BrN2O2/c1-5-15(11(16)17)10-9(12(2,3)4)6-8(13)7-14-10/h6-7H,5H2,1-4H3,(H,16,17). The first-order valence-electron chi connectivity index (χ1n) is 5.44. The number of aromatic nitrogens is 1. The lowest BCUT2D eigenvalue weighted by Crippen LogP contribution is -2.32. The van der Waals surface area contributed by atoms with Gasteiger partial charge >= 0.3 is 6.09 Å². The number of pyridine rings is 1. The molecule has 1 aromatic heterocycles. The number of carbonyl (C=O) groups is 1. The zero-order chi connectivity index (χ0) is 13.2. The van der Waals surface area contributed by atoms with Gasteiger partial charge in [0.2, 0.25) is 0 Å². The summed E-state index contributed by atoms with van der Waals surface area (Å²) in [5.74, 6) is 0.510. The van der Waals surface area contributed by atoms with E-state index < -0.39 is 6.09 Å². The lowest BCUT2D eigenvalue weighted by Gasteiger charge is -2.26. The predicted octanol–water partition coefficient (Wildman–Crippen LogP) is 3.65. The summed E-state index contributed by atoms with van der Waals surface area (Å²) in [6, 6.07) is 1.92. The van der Waals surface area contributed by atoms with Crippen molar-refractivity contribution in [1.29, 1.82) is 0 Å². The van der Waals surface area contributed by atoms with Gasteiger partial charge in [0.05, 0.1) is 0 Å².